The van der Waals surface area contributed by atoms with E-state index in [0.29, 0.717) is 43.2 Å². The molecule has 0 atom stereocenters. The van der Waals surface area contributed by atoms with Crippen LogP contribution in [-0.4, -0.2) is 62.9 Å². The number of nitrogens with two attached hydrogens (primary N) is 1. The van der Waals surface area contributed by atoms with Crippen LogP contribution in [-0.2, 0) is 6.42 Å². The van der Waals surface area contributed by atoms with Gasteiger partial charge in [-0.15, -0.1) is 0 Å². The summed E-state index contributed by atoms with van der Waals surface area (Å²) in [6.07, 6.45) is 14.3. The number of imidazole rings is 1. The third kappa shape index (κ3) is 6.92. The van der Waals surface area contributed by atoms with Gasteiger partial charge in [0.05, 0.1) is 19.5 Å². The van der Waals surface area contributed by atoms with Crippen molar-refractivity contribution < 1.29 is 9.47 Å². The highest BCUT2D eigenvalue weighted by molar-refractivity contribution is 5.84. The maximum atomic E-state index is 6.16. The van der Waals surface area contributed by atoms with Crippen LogP contribution < -0.4 is 25.9 Å². The molecule has 3 aromatic rings. The van der Waals surface area contributed by atoms with Crippen molar-refractivity contribution in [2.45, 2.75) is 103 Å². The first-order valence-corrected chi connectivity index (χ1v) is 16.3. The Balaban J connectivity index is 1.15. The summed E-state index contributed by atoms with van der Waals surface area (Å²) in [4.78, 5) is 14.8. The van der Waals surface area contributed by atoms with Gasteiger partial charge in [0.25, 0.3) is 0 Å². The van der Waals surface area contributed by atoms with Crippen molar-refractivity contribution in [3.05, 3.63) is 30.1 Å². The normalized spacial score (nSPS) is 22.5. The van der Waals surface area contributed by atoms with E-state index >= 15 is 0 Å². The van der Waals surface area contributed by atoms with Gasteiger partial charge in [-0.1, -0.05) is 12.8 Å². The highest BCUT2D eigenvalue weighted by Gasteiger charge is 2.26. The number of hydrogen-bond donors (Lipinski definition) is 3. The molecule has 0 bridgehead atoms. The Hall–Kier alpha value is -3.11. The topological polar surface area (TPSA) is 115 Å². The van der Waals surface area contributed by atoms with E-state index in [1.165, 1.54) is 31.2 Å². The minimum atomic E-state index is 0.316. The van der Waals surface area contributed by atoms with Crippen LogP contribution in [0.1, 0.15) is 89.7 Å². The number of nitrogens with zero attached hydrogens (tertiary/aromatic N) is 5. The second-order valence-electron chi connectivity index (χ2n) is 12.3. The molecule has 228 valence electrons. The zero-order valence-corrected chi connectivity index (χ0v) is 25.4. The predicted molar refractivity (Wildman–Crippen MR) is 167 cm³/mol. The fourth-order valence-electron chi connectivity index (χ4n) is 6.94. The van der Waals surface area contributed by atoms with E-state index in [1.54, 1.807) is 0 Å². The van der Waals surface area contributed by atoms with E-state index in [1.807, 2.05) is 26.2 Å². The number of aromatic nitrogens is 4. The number of hydrazine groups is 1. The molecule has 0 spiro atoms. The first kappa shape index (κ1) is 29.0. The van der Waals surface area contributed by atoms with Crippen LogP contribution in [0, 0.1) is 5.92 Å². The van der Waals surface area contributed by atoms with Gasteiger partial charge in [-0.05, 0) is 95.2 Å². The number of nitrogens with one attached hydrogen (secondary N) is 2. The molecule has 2 saturated carbocycles. The van der Waals surface area contributed by atoms with E-state index in [4.69, 9.17) is 30.2 Å². The SMILES string of the molecule is CCOc1cc(CC2CCN(Nc3nc(NC4CCC(N)CC4)nc4c3ncn4C3CCCC3)CC2)cc(OCC)c1. The van der Waals surface area contributed by atoms with Gasteiger partial charge in [-0.3, -0.25) is 0 Å². The van der Waals surface area contributed by atoms with Gasteiger partial charge in [0.15, 0.2) is 17.0 Å². The third-order valence-corrected chi connectivity index (χ3v) is 9.21. The van der Waals surface area contributed by atoms with Crippen LogP contribution >= 0.6 is 0 Å². The fourth-order valence-corrected chi connectivity index (χ4v) is 6.94. The molecule has 2 aromatic heterocycles. The van der Waals surface area contributed by atoms with Crippen LogP contribution in [0.25, 0.3) is 11.2 Å². The van der Waals surface area contributed by atoms with Gasteiger partial charge in [0, 0.05) is 37.3 Å². The molecule has 10 nitrogen and oxygen atoms in total. The van der Waals surface area contributed by atoms with Crippen LogP contribution in [0.15, 0.2) is 24.5 Å². The molecule has 4 N–H and O–H groups in total. The number of ether oxygens (including phenoxy) is 2. The van der Waals surface area contributed by atoms with Gasteiger partial charge < -0.3 is 30.5 Å². The number of piperidine rings is 1. The maximum Gasteiger partial charge on any atom is 0.227 e. The van der Waals surface area contributed by atoms with Gasteiger partial charge >= 0.3 is 0 Å². The zero-order valence-electron chi connectivity index (χ0n) is 25.4. The third-order valence-electron chi connectivity index (χ3n) is 9.21. The molecule has 0 unspecified atom stereocenters. The largest absolute Gasteiger partial charge is 0.494 e. The van der Waals surface area contributed by atoms with Crippen LogP contribution in [0.3, 0.4) is 0 Å². The molecular formula is C32H48N8O2. The van der Waals surface area contributed by atoms with Gasteiger partial charge in [-0.2, -0.15) is 9.97 Å². The van der Waals surface area contributed by atoms with Crippen molar-refractivity contribution in [3.8, 4) is 11.5 Å². The monoisotopic (exact) mass is 576 g/mol. The lowest BCUT2D eigenvalue weighted by Gasteiger charge is -2.32. The Morgan fingerprint density at radius 1 is 0.881 bits per heavy atom. The summed E-state index contributed by atoms with van der Waals surface area (Å²) in [7, 11) is 0. The van der Waals surface area contributed by atoms with Crippen LogP contribution in [0.4, 0.5) is 11.8 Å². The van der Waals surface area contributed by atoms with E-state index in [9.17, 15) is 0 Å². The molecule has 10 heteroatoms. The molecule has 3 heterocycles. The lowest BCUT2D eigenvalue weighted by Crippen LogP contribution is -2.39. The highest BCUT2D eigenvalue weighted by atomic mass is 16.5. The lowest BCUT2D eigenvalue weighted by molar-refractivity contribution is 0.216. The van der Waals surface area contributed by atoms with E-state index in [0.717, 1.165) is 86.5 Å². The van der Waals surface area contributed by atoms with Gasteiger partial charge in [0.2, 0.25) is 5.95 Å². The molecule has 3 fully saturated rings. The van der Waals surface area contributed by atoms with Crippen LogP contribution in [0.5, 0.6) is 11.5 Å². The standard InChI is InChI=1S/C32H48N8O2/c1-3-41-27-18-23(19-28(20-27)42-4-2)17-22-13-15-39(16-14-22)38-30-29-31(40(21-34-29)26-7-5-6-8-26)37-32(36-30)35-25-11-9-24(33)10-12-25/h18-22,24-26H,3-17,33H2,1-2H3,(H2,35,36,37,38). The average molecular weight is 577 g/mol. The van der Waals surface area contributed by atoms with Crippen molar-refractivity contribution in [3.63, 3.8) is 0 Å². The van der Waals surface area contributed by atoms with Crippen molar-refractivity contribution in [2.24, 2.45) is 11.7 Å². The second-order valence-corrected chi connectivity index (χ2v) is 12.3. The van der Waals surface area contributed by atoms with Gasteiger partial charge in [-0.25, -0.2) is 9.99 Å². The molecule has 0 radical (unpaired) electrons. The van der Waals surface area contributed by atoms with Crippen molar-refractivity contribution in [1.29, 1.82) is 0 Å². The molecule has 3 aliphatic rings. The Morgan fingerprint density at radius 3 is 2.24 bits per heavy atom. The smallest absolute Gasteiger partial charge is 0.227 e. The predicted octanol–water partition coefficient (Wildman–Crippen LogP) is 5.70. The van der Waals surface area contributed by atoms with E-state index in [-0.39, 0.29) is 0 Å². The summed E-state index contributed by atoms with van der Waals surface area (Å²) >= 11 is 0. The molecule has 42 heavy (non-hydrogen) atoms. The summed E-state index contributed by atoms with van der Waals surface area (Å²) in [5, 5.41) is 5.95. The van der Waals surface area contributed by atoms with E-state index in [2.05, 4.69) is 32.5 Å². The minimum absolute atomic E-state index is 0.316. The lowest BCUT2D eigenvalue weighted by atomic mass is 9.90. The summed E-state index contributed by atoms with van der Waals surface area (Å²) in [5.41, 5.74) is 12.9. The minimum Gasteiger partial charge on any atom is -0.494 e. The second kappa shape index (κ2) is 13.5. The van der Waals surface area contributed by atoms with Crippen LogP contribution in [0.2, 0.25) is 0 Å². The summed E-state index contributed by atoms with van der Waals surface area (Å²) in [6, 6.07) is 7.48. The Bertz CT molecular complexity index is 1280. The molecule has 6 rings (SSSR count). The molecule has 1 aliphatic heterocycles. The number of anilines is 2. The van der Waals surface area contributed by atoms with Crippen molar-refractivity contribution in [1.82, 2.24) is 24.5 Å². The Kier molecular flexibility index (Phi) is 9.29. The quantitative estimate of drug-likeness (QED) is 0.264. The zero-order chi connectivity index (χ0) is 28.9. The molecular weight excluding hydrogens is 528 g/mol. The first-order valence-electron chi connectivity index (χ1n) is 16.3. The number of hydrogen-bond acceptors (Lipinski definition) is 9. The van der Waals surface area contributed by atoms with Crippen molar-refractivity contribution in [2.75, 3.05) is 37.0 Å². The summed E-state index contributed by atoms with van der Waals surface area (Å²) in [5.74, 6) is 3.89. The fraction of sp³-hybridized carbons (Fsp3) is 0.656. The maximum absolute atomic E-state index is 6.16. The molecule has 0 amide bonds. The van der Waals surface area contributed by atoms with Gasteiger partial charge in [0.1, 0.15) is 11.5 Å². The molecule has 1 saturated heterocycles. The number of rotatable bonds is 11. The molecule has 2 aliphatic carbocycles. The van der Waals surface area contributed by atoms with E-state index < -0.39 is 0 Å². The Morgan fingerprint density at radius 2 is 1.57 bits per heavy atom. The van der Waals surface area contributed by atoms with Crippen molar-refractivity contribution >= 4 is 22.9 Å². The highest BCUT2D eigenvalue weighted by Crippen LogP contribution is 2.34. The summed E-state index contributed by atoms with van der Waals surface area (Å²) < 4.78 is 13.9. The summed E-state index contributed by atoms with van der Waals surface area (Å²) in [6.45, 7) is 7.25. The Labute approximate surface area is 249 Å². The number of benzene rings is 1. The number of fused-ring (bicyclic) bond motifs is 1. The average Bonchev–Trinajstić information content (AvgIpc) is 3.66. The molecule has 1 aromatic carbocycles. The first-order chi connectivity index (χ1) is 20.6.